The third-order valence-corrected chi connectivity index (χ3v) is 4.61. The smallest absolute Gasteiger partial charge is 0.234 e. The van der Waals surface area contributed by atoms with Crippen LogP contribution in [0.25, 0.3) is 0 Å². The van der Waals surface area contributed by atoms with Crippen LogP contribution in [0.3, 0.4) is 0 Å². The van der Waals surface area contributed by atoms with Gasteiger partial charge in [-0.25, -0.2) is 0 Å². The second-order valence-electron chi connectivity index (χ2n) is 6.30. The van der Waals surface area contributed by atoms with Gasteiger partial charge >= 0.3 is 0 Å². The van der Waals surface area contributed by atoms with Crippen molar-refractivity contribution in [3.8, 4) is 5.75 Å². The van der Waals surface area contributed by atoms with Crippen molar-refractivity contribution in [1.82, 2.24) is 0 Å². The van der Waals surface area contributed by atoms with Crippen molar-refractivity contribution in [2.45, 2.75) is 27.2 Å². The minimum Gasteiger partial charge on any atom is -0.491 e. The van der Waals surface area contributed by atoms with Crippen molar-refractivity contribution in [2.24, 2.45) is 0 Å². The molecular formula is C21H26N2O3S. The fourth-order valence-electron chi connectivity index (χ4n) is 2.32. The molecule has 2 N–H and O–H groups in total. The van der Waals surface area contributed by atoms with Crippen LogP contribution in [0, 0.1) is 13.8 Å². The predicted molar refractivity (Wildman–Crippen MR) is 113 cm³/mol. The van der Waals surface area contributed by atoms with Crippen LogP contribution in [0.5, 0.6) is 5.75 Å². The van der Waals surface area contributed by atoms with E-state index in [-0.39, 0.29) is 23.3 Å². The lowest BCUT2D eigenvalue weighted by molar-refractivity contribution is -0.114. The van der Waals surface area contributed by atoms with Gasteiger partial charge in [0.1, 0.15) is 5.75 Å². The van der Waals surface area contributed by atoms with Crippen LogP contribution in [0.1, 0.15) is 24.5 Å². The van der Waals surface area contributed by atoms with Gasteiger partial charge in [-0.15, -0.1) is 11.8 Å². The molecule has 0 fully saturated rings. The third kappa shape index (κ3) is 7.35. The molecule has 0 aliphatic carbocycles. The number of rotatable bonds is 9. The zero-order valence-corrected chi connectivity index (χ0v) is 16.8. The van der Waals surface area contributed by atoms with Crippen LogP contribution in [-0.2, 0) is 9.59 Å². The average molecular weight is 387 g/mol. The third-order valence-electron chi connectivity index (χ3n) is 3.67. The highest BCUT2D eigenvalue weighted by Crippen LogP contribution is 2.26. The molecule has 0 saturated carbocycles. The Bertz CT molecular complexity index is 775. The number of hydrogen-bond donors (Lipinski definition) is 2. The molecule has 0 aliphatic rings. The molecule has 144 valence electrons. The Morgan fingerprint density at radius 3 is 2.22 bits per heavy atom. The number of hydrogen-bond acceptors (Lipinski definition) is 4. The zero-order chi connectivity index (χ0) is 19.6. The van der Waals surface area contributed by atoms with E-state index >= 15 is 0 Å². The topological polar surface area (TPSA) is 67.4 Å². The van der Waals surface area contributed by atoms with Gasteiger partial charge < -0.3 is 15.4 Å². The minimum absolute atomic E-state index is 0.126. The summed E-state index contributed by atoms with van der Waals surface area (Å²) < 4.78 is 5.70. The molecule has 0 saturated heterocycles. The molecule has 2 amide bonds. The lowest BCUT2D eigenvalue weighted by atomic mass is 10.2. The van der Waals surface area contributed by atoms with Gasteiger partial charge in [0, 0.05) is 5.69 Å². The van der Waals surface area contributed by atoms with Crippen LogP contribution >= 0.6 is 11.8 Å². The second kappa shape index (κ2) is 10.6. The Balaban J connectivity index is 1.79. The van der Waals surface area contributed by atoms with Gasteiger partial charge in [-0.3, -0.25) is 9.59 Å². The normalized spacial score (nSPS) is 10.3. The number of amides is 2. The average Bonchev–Trinajstić information content (AvgIpc) is 2.63. The van der Waals surface area contributed by atoms with E-state index in [0.29, 0.717) is 18.0 Å². The first kappa shape index (κ1) is 20.8. The molecule has 2 aromatic rings. The van der Waals surface area contributed by atoms with Gasteiger partial charge in [-0.2, -0.15) is 0 Å². The number of aryl methyl sites for hydroxylation is 2. The molecule has 0 radical (unpaired) electrons. The van der Waals surface area contributed by atoms with Crippen molar-refractivity contribution in [3.05, 3.63) is 53.6 Å². The highest BCUT2D eigenvalue weighted by atomic mass is 32.2. The molecule has 5 nitrogen and oxygen atoms in total. The summed E-state index contributed by atoms with van der Waals surface area (Å²) in [4.78, 5) is 24.1. The van der Waals surface area contributed by atoms with E-state index in [0.717, 1.165) is 23.2 Å². The molecule has 0 atom stereocenters. The Labute approximate surface area is 164 Å². The summed E-state index contributed by atoms with van der Waals surface area (Å²) in [5.41, 5.74) is 3.62. The van der Waals surface area contributed by atoms with Gasteiger partial charge in [0.05, 0.1) is 23.8 Å². The maximum atomic E-state index is 12.2. The van der Waals surface area contributed by atoms with Gasteiger partial charge in [-0.05, 0) is 50.1 Å². The number of carbonyl (C=O) groups excluding carboxylic acids is 2. The Morgan fingerprint density at radius 2 is 1.56 bits per heavy atom. The molecule has 0 aromatic heterocycles. The zero-order valence-electron chi connectivity index (χ0n) is 16.0. The maximum absolute atomic E-state index is 12.2. The monoisotopic (exact) mass is 386 g/mol. The molecule has 2 aromatic carbocycles. The molecular weight excluding hydrogens is 360 g/mol. The van der Waals surface area contributed by atoms with Gasteiger partial charge in [0.25, 0.3) is 0 Å². The van der Waals surface area contributed by atoms with E-state index in [9.17, 15) is 9.59 Å². The summed E-state index contributed by atoms with van der Waals surface area (Å²) >= 11 is 1.27. The summed E-state index contributed by atoms with van der Waals surface area (Å²) in [6.45, 7) is 6.60. The maximum Gasteiger partial charge on any atom is 0.234 e. The largest absolute Gasteiger partial charge is 0.491 e. The van der Waals surface area contributed by atoms with Gasteiger partial charge in [0.2, 0.25) is 11.8 Å². The number of nitrogens with one attached hydrogen (secondary N) is 2. The first-order valence-electron chi connectivity index (χ1n) is 8.95. The van der Waals surface area contributed by atoms with E-state index in [4.69, 9.17) is 4.74 Å². The molecule has 0 aliphatic heterocycles. The van der Waals surface area contributed by atoms with Crippen LogP contribution < -0.4 is 15.4 Å². The molecule has 2 rings (SSSR count). The molecule has 0 spiro atoms. The van der Waals surface area contributed by atoms with Crippen molar-refractivity contribution in [3.63, 3.8) is 0 Å². The number of ether oxygens (including phenoxy) is 1. The fraction of sp³-hybridized carbons (Fsp3) is 0.333. The van der Waals surface area contributed by atoms with E-state index in [1.165, 1.54) is 11.8 Å². The van der Waals surface area contributed by atoms with Crippen molar-refractivity contribution in [2.75, 3.05) is 28.7 Å². The predicted octanol–water partition coefficient (Wildman–Crippen LogP) is 4.40. The number of carbonyl (C=O) groups is 2. The quantitative estimate of drug-likeness (QED) is 0.670. The van der Waals surface area contributed by atoms with Crippen LogP contribution in [0.15, 0.2) is 42.5 Å². The number of thioether (sulfide) groups is 1. The summed E-state index contributed by atoms with van der Waals surface area (Å²) in [6.07, 6.45) is 0.896. The second-order valence-corrected chi connectivity index (χ2v) is 7.29. The minimum atomic E-state index is -0.159. The van der Waals surface area contributed by atoms with Crippen LogP contribution in [-0.4, -0.2) is 29.9 Å². The van der Waals surface area contributed by atoms with Crippen molar-refractivity contribution < 1.29 is 14.3 Å². The van der Waals surface area contributed by atoms with Crippen molar-refractivity contribution in [1.29, 1.82) is 0 Å². The first-order chi connectivity index (χ1) is 13.0. The Morgan fingerprint density at radius 1 is 0.926 bits per heavy atom. The molecule has 27 heavy (non-hydrogen) atoms. The summed E-state index contributed by atoms with van der Waals surface area (Å²) in [5.74, 6) is 0.802. The highest BCUT2D eigenvalue weighted by molar-refractivity contribution is 8.00. The van der Waals surface area contributed by atoms with E-state index in [1.807, 2.05) is 63.2 Å². The fourth-order valence-corrected chi connectivity index (χ4v) is 2.94. The van der Waals surface area contributed by atoms with E-state index in [2.05, 4.69) is 10.6 Å². The summed E-state index contributed by atoms with van der Waals surface area (Å²) in [6, 6.07) is 13.3. The molecule has 6 heteroatoms. The summed E-state index contributed by atoms with van der Waals surface area (Å²) in [5, 5.41) is 5.68. The van der Waals surface area contributed by atoms with Gasteiger partial charge in [0.15, 0.2) is 0 Å². The highest BCUT2D eigenvalue weighted by Gasteiger charge is 2.10. The lowest BCUT2D eigenvalue weighted by Crippen LogP contribution is -2.19. The number of anilines is 2. The van der Waals surface area contributed by atoms with Crippen LogP contribution in [0.2, 0.25) is 0 Å². The Hall–Kier alpha value is -2.47. The SMILES string of the molecule is CCCOc1cc(C)ccc1NC(=O)CSCC(=O)Nc1ccc(C)cc1. The van der Waals surface area contributed by atoms with E-state index in [1.54, 1.807) is 0 Å². The van der Waals surface area contributed by atoms with Gasteiger partial charge in [-0.1, -0.05) is 30.7 Å². The van der Waals surface area contributed by atoms with Crippen molar-refractivity contribution >= 4 is 35.0 Å². The van der Waals surface area contributed by atoms with E-state index < -0.39 is 0 Å². The lowest BCUT2D eigenvalue weighted by Gasteiger charge is -2.13. The molecule has 0 heterocycles. The molecule has 0 bridgehead atoms. The number of benzene rings is 2. The first-order valence-corrected chi connectivity index (χ1v) is 10.1. The standard InChI is InChI=1S/C21H26N2O3S/c1-4-11-26-19-12-16(3)7-10-18(19)23-21(25)14-27-13-20(24)22-17-8-5-15(2)6-9-17/h5-10,12H,4,11,13-14H2,1-3H3,(H,22,24)(H,23,25). The van der Waals surface area contributed by atoms with Crippen LogP contribution in [0.4, 0.5) is 11.4 Å². The summed E-state index contributed by atoms with van der Waals surface area (Å²) in [7, 11) is 0. The Kier molecular flexibility index (Phi) is 8.20. The molecule has 0 unspecified atom stereocenters.